The van der Waals surface area contributed by atoms with Crippen molar-refractivity contribution >= 4 is 0 Å². The fourth-order valence-electron chi connectivity index (χ4n) is 5.72. The summed E-state index contributed by atoms with van der Waals surface area (Å²) in [5.41, 5.74) is 8.84. The summed E-state index contributed by atoms with van der Waals surface area (Å²) in [4.78, 5) is 9.54. The Balaban J connectivity index is 0.00000289. The molecule has 7 rings (SSSR count). The SMILES string of the molecule is Cc1cccc(-c2[c-]c(Oc3[c-]c(C4(c5ccccn5)c5ccccc5-c5ccccc54)ccc3)ccc2)n1.[Pt+2]. The minimum Gasteiger partial charge on any atom is -0.503 e. The summed E-state index contributed by atoms with van der Waals surface area (Å²) < 4.78 is 6.37. The summed E-state index contributed by atoms with van der Waals surface area (Å²) >= 11 is 0. The van der Waals surface area contributed by atoms with E-state index in [0.29, 0.717) is 11.5 Å². The van der Waals surface area contributed by atoms with Crippen molar-refractivity contribution in [2.24, 2.45) is 0 Å². The number of benzene rings is 4. The molecule has 0 spiro atoms. The van der Waals surface area contributed by atoms with E-state index in [1.165, 1.54) is 22.3 Å². The van der Waals surface area contributed by atoms with E-state index in [1.807, 2.05) is 73.8 Å². The van der Waals surface area contributed by atoms with Gasteiger partial charge < -0.3 is 9.72 Å². The van der Waals surface area contributed by atoms with Crippen LogP contribution < -0.4 is 4.74 Å². The molecule has 0 radical (unpaired) electrons. The van der Waals surface area contributed by atoms with Gasteiger partial charge >= 0.3 is 21.1 Å². The Kier molecular flexibility index (Phi) is 6.92. The van der Waals surface area contributed by atoms with Gasteiger partial charge in [0, 0.05) is 23.4 Å². The van der Waals surface area contributed by atoms with Gasteiger partial charge in [0.2, 0.25) is 0 Å². The first kappa shape index (κ1) is 25.9. The van der Waals surface area contributed by atoms with Crippen LogP contribution in [0.15, 0.2) is 128 Å². The van der Waals surface area contributed by atoms with Crippen molar-refractivity contribution in [1.29, 1.82) is 0 Å². The fraction of sp³-hybridized carbons (Fsp3) is 0.0556. The molecule has 2 aromatic heterocycles. The normalized spacial score (nSPS) is 12.6. The minimum absolute atomic E-state index is 0. The number of aromatic nitrogens is 2. The van der Waals surface area contributed by atoms with Crippen LogP contribution in [-0.4, -0.2) is 9.97 Å². The van der Waals surface area contributed by atoms with Crippen LogP contribution in [0.2, 0.25) is 0 Å². The summed E-state index contributed by atoms with van der Waals surface area (Å²) in [6.07, 6.45) is 1.86. The third-order valence-corrected chi connectivity index (χ3v) is 7.33. The molecule has 3 nitrogen and oxygen atoms in total. The van der Waals surface area contributed by atoms with E-state index in [9.17, 15) is 0 Å². The van der Waals surface area contributed by atoms with E-state index in [2.05, 4.69) is 77.8 Å². The van der Waals surface area contributed by atoms with Crippen LogP contribution in [0.1, 0.15) is 28.1 Å². The molecular formula is C36H24N2OPt. The number of rotatable bonds is 5. The number of hydrogen-bond acceptors (Lipinski definition) is 3. The molecule has 6 aromatic rings. The first-order chi connectivity index (χ1) is 19.2. The quantitative estimate of drug-likeness (QED) is 0.170. The Bertz CT molecular complexity index is 1770. The van der Waals surface area contributed by atoms with E-state index in [4.69, 9.17) is 9.72 Å². The summed E-state index contributed by atoms with van der Waals surface area (Å²) in [6.45, 7) is 1.99. The molecule has 0 atom stereocenters. The number of aryl methyl sites for hydroxylation is 1. The molecule has 0 saturated carbocycles. The van der Waals surface area contributed by atoms with Gasteiger partial charge in [-0.25, -0.2) is 0 Å². The van der Waals surface area contributed by atoms with Gasteiger partial charge in [0.1, 0.15) is 0 Å². The second-order valence-electron chi connectivity index (χ2n) is 9.68. The maximum absolute atomic E-state index is 6.37. The van der Waals surface area contributed by atoms with E-state index in [-0.39, 0.29) is 21.1 Å². The van der Waals surface area contributed by atoms with E-state index in [1.54, 1.807) is 0 Å². The molecule has 4 heteroatoms. The van der Waals surface area contributed by atoms with Crippen molar-refractivity contribution in [2.45, 2.75) is 12.3 Å². The first-order valence-corrected chi connectivity index (χ1v) is 13.0. The van der Waals surface area contributed by atoms with Crippen LogP contribution in [0.25, 0.3) is 22.4 Å². The molecule has 0 N–H and O–H groups in total. The number of hydrogen-bond donors (Lipinski definition) is 0. The molecule has 0 bridgehead atoms. The largest absolute Gasteiger partial charge is 2.00 e. The van der Waals surface area contributed by atoms with Crippen molar-refractivity contribution in [2.75, 3.05) is 0 Å². The molecule has 0 fully saturated rings. The number of nitrogens with zero attached hydrogens (tertiary/aromatic N) is 2. The van der Waals surface area contributed by atoms with Gasteiger partial charge in [-0.1, -0.05) is 72.8 Å². The van der Waals surface area contributed by atoms with Gasteiger partial charge in [0.15, 0.2) is 0 Å². The average Bonchev–Trinajstić information content (AvgIpc) is 3.29. The minimum atomic E-state index is -0.620. The van der Waals surface area contributed by atoms with Gasteiger partial charge in [-0.2, -0.15) is 12.1 Å². The van der Waals surface area contributed by atoms with Crippen LogP contribution >= 0.6 is 0 Å². The number of ether oxygens (including phenoxy) is 1. The van der Waals surface area contributed by atoms with E-state index in [0.717, 1.165) is 28.2 Å². The van der Waals surface area contributed by atoms with Gasteiger partial charge in [-0.3, -0.25) is 4.98 Å². The zero-order chi connectivity index (χ0) is 26.2. The predicted octanol–water partition coefficient (Wildman–Crippen LogP) is 8.21. The monoisotopic (exact) mass is 695 g/mol. The maximum Gasteiger partial charge on any atom is 2.00 e. The number of pyridine rings is 2. The Morgan fingerprint density at radius 1 is 0.625 bits per heavy atom. The summed E-state index contributed by atoms with van der Waals surface area (Å²) in [5.74, 6) is 1.23. The Morgan fingerprint density at radius 3 is 1.98 bits per heavy atom. The Morgan fingerprint density at radius 2 is 1.27 bits per heavy atom. The van der Waals surface area contributed by atoms with E-state index >= 15 is 0 Å². The molecule has 194 valence electrons. The molecule has 1 aliphatic carbocycles. The molecule has 4 aromatic carbocycles. The third kappa shape index (κ3) is 4.28. The predicted molar refractivity (Wildman–Crippen MR) is 154 cm³/mol. The summed E-state index contributed by atoms with van der Waals surface area (Å²) in [5, 5.41) is 0. The summed E-state index contributed by atoms with van der Waals surface area (Å²) in [6, 6.07) is 48.3. The topological polar surface area (TPSA) is 35.0 Å². The standard InChI is InChI=1S/C36H24N2O.Pt/c1-25-11-8-20-34(38-25)26-12-9-14-28(23-26)39-29-15-10-13-27(24-29)36(35-21-6-7-22-37-35)32-18-4-2-16-30(32)31-17-3-5-19-33(31)36;/h2-22H,1H3;/q-2;+2. The van der Waals surface area contributed by atoms with E-state index < -0.39 is 5.41 Å². The molecule has 0 unspecified atom stereocenters. The fourth-order valence-corrected chi connectivity index (χ4v) is 5.72. The van der Waals surface area contributed by atoms with Gasteiger partial charge in [-0.15, -0.1) is 41.5 Å². The van der Waals surface area contributed by atoms with Crippen LogP contribution in [0.5, 0.6) is 11.5 Å². The second kappa shape index (κ2) is 10.7. The van der Waals surface area contributed by atoms with Crippen LogP contribution in [0, 0.1) is 19.1 Å². The van der Waals surface area contributed by atoms with Crippen molar-refractivity contribution in [3.63, 3.8) is 0 Å². The van der Waals surface area contributed by atoms with Crippen LogP contribution in [-0.2, 0) is 26.5 Å². The maximum atomic E-state index is 6.37. The Labute approximate surface area is 248 Å². The Hall–Kier alpha value is -4.33. The van der Waals surface area contributed by atoms with Crippen molar-refractivity contribution in [3.8, 4) is 33.9 Å². The molecular weight excluding hydrogens is 671 g/mol. The molecule has 1 aliphatic rings. The zero-order valence-corrected chi connectivity index (χ0v) is 24.0. The van der Waals surface area contributed by atoms with Gasteiger partial charge in [0.05, 0.1) is 11.1 Å². The van der Waals surface area contributed by atoms with Crippen molar-refractivity contribution in [1.82, 2.24) is 9.97 Å². The zero-order valence-electron chi connectivity index (χ0n) is 21.7. The van der Waals surface area contributed by atoms with Gasteiger partial charge in [-0.05, 0) is 53.1 Å². The van der Waals surface area contributed by atoms with Crippen LogP contribution in [0.3, 0.4) is 0 Å². The molecule has 0 saturated heterocycles. The second-order valence-corrected chi connectivity index (χ2v) is 9.68. The molecule has 2 heterocycles. The molecule has 40 heavy (non-hydrogen) atoms. The third-order valence-electron chi connectivity index (χ3n) is 7.33. The van der Waals surface area contributed by atoms with Crippen molar-refractivity contribution in [3.05, 3.63) is 168 Å². The smallest absolute Gasteiger partial charge is 0.503 e. The average molecular weight is 696 g/mol. The molecule has 0 aliphatic heterocycles. The first-order valence-electron chi connectivity index (χ1n) is 13.0. The summed E-state index contributed by atoms with van der Waals surface area (Å²) in [7, 11) is 0. The van der Waals surface area contributed by atoms with Gasteiger partial charge in [0.25, 0.3) is 0 Å². The number of fused-ring (bicyclic) bond motifs is 3. The van der Waals surface area contributed by atoms with Crippen LogP contribution in [0.4, 0.5) is 0 Å². The van der Waals surface area contributed by atoms with Crippen molar-refractivity contribution < 1.29 is 25.8 Å². The molecule has 0 amide bonds.